The lowest BCUT2D eigenvalue weighted by Gasteiger charge is -2.08. The van der Waals surface area contributed by atoms with Crippen molar-refractivity contribution < 1.29 is 0 Å². The molecule has 1 unspecified atom stereocenters. The van der Waals surface area contributed by atoms with Crippen molar-refractivity contribution in [3.05, 3.63) is 48.0 Å². The van der Waals surface area contributed by atoms with Crippen molar-refractivity contribution in [3.63, 3.8) is 0 Å². The van der Waals surface area contributed by atoms with Crippen molar-refractivity contribution in [3.8, 4) is 0 Å². The highest BCUT2D eigenvalue weighted by Gasteiger charge is 2.00. The molecule has 0 bridgehead atoms. The van der Waals surface area contributed by atoms with Crippen LogP contribution in [0.1, 0.15) is 25.0 Å². The van der Waals surface area contributed by atoms with Crippen LogP contribution in [0, 0.1) is 6.92 Å². The summed E-state index contributed by atoms with van der Waals surface area (Å²) in [5, 5.41) is 0. The van der Waals surface area contributed by atoms with Gasteiger partial charge in [0.15, 0.2) is 0 Å². The van der Waals surface area contributed by atoms with Gasteiger partial charge < -0.3 is 5.73 Å². The van der Waals surface area contributed by atoms with Crippen LogP contribution in [0.3, 0.4) is 0 Å². The first-order valence-corrected chi connectivity index (χ1v) is 5.16. The molecule has 0 spiro atoms. The molecule has 0 radical (unpaired) electrons. The Balaban J connectivity index is 0.000000791. The van der Waals surface area contributed by atoms with Gasteiger partial charge in [-0.25, -0.2) is 0 Å². The van der Waals surface area contributed by atoms with E-state index in [0.29, 0.717) is 0 Å². The summed E-state index contributed by atoms with van der Waals surface area (Å²) in [5.41, 5.74) is 8.37. The van der Waals surface area contributed by atoms with Gasteiger partial charge in [-0.2, -0.15) is 0 Å². The molecular formula is C13H21N. The Hall–Kier alpha value is -1.08. The summed E-state index contributed by atoms with van der Waals surface area (Å²) in [4.78, 5) is 0. The van der Waals surface area contributed by atoms with Gasteiger partial charge in [0, 0.05) is 6.04 Å². The summed E-state index contributed by atoms with van der Waals surface area (Å²) in [6.45, 7) is 9.76. The highest BCUT2D eigenvalue weighted by Crippen LogP contribution is 2.08. The van der Waals surface area contributed by atoms with E-state index in [4.69, 9.17) is 5.73 Å². The molecule has 1 rings (SSSR count). The second kappa shape index (κ2) is 7.34. The van der Waals surface area contributed by atoms with Gasteiger partial charge in [0.1, 0.15) is 0 Å². The van der Waals surface area contributed by atoms with Crippen LogP contribution in [0.4, 0.5) is 0 Å². The van der Waals surface area contributed by atoms with E-state index in [1.807, 2.05) is 26.0 Å². The molecular weight excluding hydrogens is 170 g/mol. The Kier molecular flexibility index (Phi) is 6.77. The molecule has 0 amide bonds. The third kappa shape index (κ3) is 4.24. The fourth-order valence-electron chi connectivity index (χ4n) is 1.18. The van der Waals surface area contributed by atoms with Crippen LogP contribution in [-0.2, 0) is 6.42 Å². The second-order valence-corrected chi connectivity index (χ2v) is 3.03. The SMILES string of the molecule is C=CC(N)Cc1ccccc1C.CC. The minimum atomic E-state index is 0.0751. The van der Waals surface area contributed by atoms with Crippen LogP contribution in [0.5, 0.6) is 0 Å². The Bertz CT molecular complexity index is 266. The summed E-state index contributed by atoms with van der Waals surface area (Å²) in [7, 11) is 0. The average Bonchev–Trinajstić information content (AvgIpc) is 2.24. The minimum Gasteiger partial charge on any atom is -0.324 e. The molecule has 78 valence electrons. The van der Waals surface area contributed by atoms with Crippen LogP contribution >= 0.6 is 0 Å². The van der Waals surface area contributed by atoms with Gasteiger partial charge in [-0.3, -0.25) is 0 Å². The van der Waals surface area contributed by atoms with Gasteiger partial charge in [0.25, 0.3) is 0 Å². The molecule has 0 aliphatic rings. The standard InChI is InChI=1S/C11H15N.C2H6/c1-3-11(12)8-10-7-5-4-6-9(10)2;1-2/h3-7,11H,1,8,12H2,2H3;1-2H3. The van der Waals surface area contributed by atoms with Gasteiger partial charge >= 0.3 is 0 Å². The molecule has 1 nitrogen and oxygen atoms in total. The van der Waals surface area contributed by atoms with E-state index in [2.05, 4.69) is 25.6 Å². The van der Waals surface area contributed by atoms with Crippen LogP contribution in [-0.4, -0.2) is 6.04 Å². The molecule has 0 aliphatic carbocycles. The smallest absolute Gasteiger partial charge is 0.0262 e. The maximum absolute atomic E-state index is 5.76. The third-order valence-electron chi connectivity index (χ3n) is 2.02. The van der Waals surface area contributed by atoms with Crippen LogP contribution in [0.25, 0.3) is 0 Å². The first-order valence-electron chi connectivity index (χ1n) is 5.16. The molecule has 14 heavy (non-hydrogen) atoms. The zero-order valence-corrected chi connectivity index (χ0v) is 9.46. The van der Waals surface area contributed by atoms with E-state index in [0.717, 1.165) is 6.42 Å². The van der Waals surface area contributed by atoms with E-state index < -0.39 is 0 Å². The summed E-state index contributed by atoms with van der Waals surface area (Å²) < 4.78 is 0. The van der Waals surface area contributed by atoms with Crippen molar-refractivity contribution in [2.45, 2.75) is 33.2 Å². The topological polar surface area (TPSA) is 26.0 Å². The molecule has 1 aromatic carbocycles. The van der Waals surface area contributed by atoms with Gasteiger partial charge in [-0.1, -0.05) is 44.2 Å². The van der Waals surface area contributed by atoms with Crippen LogP contribution < -0.4 is 5.73 Å². The Morgan fingerprint density at radius 3 is 2.43 bits per heavy atom. The number of benzene rings is 1. The van der Waals surface area contributed by atoms with Crippen molar-refractivity contribution in [1.82, 2.24) is 0 Å². The zero-order chi connectivity index (χ0) is 11.0. The number of rotatable bonds is 3. The Morgan fingerprint density at radius 1 is 1.36 bits per heavy atom. The van der Waals surface area contributed by atoms with Gasteiger partial charge in [0.2, 0.25) is 0 Å². The lowest BCUT2D eigenvalue weighted by atomic mass is 10.0. The fraction of sp³-hybridized carbons (Fsp3) is 0.385. The van der Waals surface area contributed by atoms with Gasteiger partial charge in [0.05, 0.1) is 0 Å². The first kappa shape index (κ1) is 12.9. The molecule has 0 heterocycles. The molecule has 0 saturated heterocycles. The Labute approximate surface area is 87.6 Å². The fourth-order valence-corrected chi connectivity index (χ4v) is 1.18. The van der Waals surface area contributed by atoms with Gasteiger partial charge in [-0.05, 0) is 24.5 Å². The maximum Gasteiger partial charge on any atom is 0.0262 e. The minimum absolute atomic E-state index is 0.0751. The summed E-state index contributed by atoms with van der Waals surface area (Å²) in [5.74, 6) is 0. The predicted octanol–water partition coefficient (Wildman–Crippen LogP) is 3.08. The molecule has 0 fully saturated rings. The zero-order valence-electron chi connectivity index (χ0n) is 9.46. The summed E-state index contributed by atoms with van der Waals surface area (Å²) in [6.07, 6.45) is 2.67. The first-order chi connectivity index (χ1) is 6.74. The summed E-state index contributed by atoms with van der Waals surface area (Å²) in [6, 6.07) is 8.37. The number of hydrogen-bond acceptors (Lipinski definition) is 1. The normalized spacial score (nSPS) is 11.1. The van der Waals surface area contributed by atoms with Gasteiger partial charge in [-0.15, -0.1) is 6.58 Å². The van der Waals surface area contributed by atoms with E-state index in [1.165, 1.54) is 11.1 Å². The monoisotopic (exact) mass is 191 g/mol. The van der Waals surface area contributed by atoms with Crippen LogP contribution in [0.15, 0.2) is 36.9 Å². The molecule has 1 atom stereocenters. The molecule has 1 heteroatoms. The van der Waals surface area contributed by atoms with Crippen molar-refractivity contribution in [2.75, 3.05) is 0 Å². The lowest BCUT2D eigenvalue weighted by Crippen LogP contribution is -2.19. The van der Waals surface area contributed by atoms with E-state index in [-0.39, 0.29) is 6.04 Å². The molecule has 2 N–H and O–H groups in total. The molecule has 0 saturated carbocycles. The highest BCUT2D eigenvalue weighted by atomic mass is 14.6. The van der Waals surface area contributed by atoms with E-state index in [9.17, 15) is 0 Å². The van der Waals surface area contributed by atoms with Crippen molar-refractivity contribution in [1.29, 1.82) is 0 Å². The average molecular weight is 191 g/mol. The quantitative estimate of drug-likeness (QED) is 0.730. The molecule has 0 aromatic heterocycles. The number of aryl methyl sites for hydroxylation is 1. The number of nitrogens with two attached hydrogens (primary N) is 1. The third-order valence-corrected chi connectivity index (χ3v) is 2.02. The molecule has 0 aliphatic heterocycles. The Morgan fingerprint density at radius 2 is 1.93 bits per heavy atom. The second-order valence-electron chi connectivity index (χ2n) is 3.03. The van der Waals surface area contributed by atoms with Crippen LogP contribution in [0.2, 0.25) is 0 Å². The highest BCUT2D eigenvalue weighted by molar-refractivity contribution is 5.26. The largest absolute Gasteiger partial charge is 0.324 e. The lowest BCUT2D eigenvalue weighted by molar-refractivity contribution is 0.807. The molecule has 1 aromatic rings. The maximum atomic E-state index is 5.76. The summed E-state index contributed by atoms with van der Waals surface area (Å²) >= 11 is 0. The predicted molar refractivity (Wildman–Crippen MR) is 64.4 cm³/mol. The van der Waals surface area contributed by atoms with Crippen molar-refractivity contribution in [2.24, 2.45) is 5.73 Å². The van der Waals surface area contributed by atoms with Crippen molar-refractivity contribution >= 4 is 0 Å². The number of hydrogen-bond donors (Lipinski definition) is 1. The van der Waals surface area contributed by atoms with E-state index in [1.54, 1.807) is 6.08 Å². The van der Waals surface area contributed by atoms with E-state index >= 15 is 0 Å².